The summed E-state index contributed by atoms with van der Waals surface area (Å²) in [4.78, 5) is 30.6. The van der Waals surface area contributed by atoms with E-state index < -0.39 is 0 Å². The first kappa shape index (κ1) is 17.5. The second kappa shape index (κ2) is 6.98. The maximum atomic E-state index is 13.0. The molecule has 1 spiro atoms. The van der Waals surface area contributed by atoms with E-state index in [1.54, 1.807) is 17.3 Å². The number of halogens is 1. The summed E-state index contributed by atoms with van der Waals surface area (Å²) < 4.78 is 13.0. The van der Waals surface area contributed by atoms with E-state index >= 15 is 0 Å². The highest BCUT2D eigenvalue weighted by molar-refractivity contribution is 5.90. The minimum Gasteiger partial charge on any atom is -0.352 e. The van der Waals surface area contributed by atoms with Gasteiger partial charge in [-0.05, 0) is 54.8 Å². The highest BCUT2D eigenvalue weighted by Crippen LogP contribution is 2.58. The molecule has 3 amide bonds. The molecule has 2 aliphatic rings. The average molecular weight is 368 g/mol. The molecule has 2 N–H and O–H groups in total. The minimum absolute atomic E-state index is 0.0389. The van der Waals surface area contributed by atoms with Crippen molar-refractivity contribution in [2.45, 2.75) is 19.4 Å². The van der Waals surface area contributed by atoms with E-state index in [1.807, 2.05) is 12.1 Å². The molecule has 1 saturated carbocycles. The van der Waals surface area contributed by atoms with Gasteiger partial charge in [-0.1, -0.05) is 0 Å². The Kier molecular flexibility index (Phi) is 4.51. The fourth-order valence-electron chi connectivity index (χ4n) is 3.79. The van der Waals surface area contributed by atoms with Gasteiger partial charge in [-0.2, -0.15) is 0 Å². The summed E-state index contributed by atoms with van der Waals surface area (Å²) in [6, 6.07) is 9.23. The zero-order valence-corrected chi connectivity index (χ0v) is 14.8. The molecule has 6 nitrogen and oxygen atoms in total. The maximum Gasteiger partial charge on any atom is 0.321 e. The second-order valence-corrected chi connectivity index (χ2v) is 7.30. The van der Waals surface area contributed by atoms with E-state index in [0.29, 0.717) is 25.3 Å². The number of carbonyl (C=O) groups excluding carboxylic acids is 2. The topological polar surface area (TPSA) is 74.3 Å². The molecule has 0 bridgehead atoms. The number of amides is 3. The predicted octanol–water partition coefficient (Wildman–Crippen LogP) is 2.78. The minimum atomic E-state index is -0.341. The molecule has 1 aromatic heterocycles. The van der Waals surface area contributed by atoms with Crippen LogP contribution in [0.5, 0.6) is 0 Å². The van der Waals surface area contributed by atoms with Gasteiger partial charge in [0, 0.05) is 49.0 Å². The number of nitrogens with zero attached hydrogens (tertiary/aromatic N) is 2. The van der Waals surface area contributed by atoms with Gasteiger partial charge in [0.05, 0.1) is 0 Å². The van der Waals surface area contributed by atoms with Crippen LogP contribution in [-0.4, -0.2) is 34.9 Å². The Hall–Kier alpha value is -2.96. The fraction of sp³-hybridized carbons (Fsp3) is 0.350. The van der Waals surface area contributed by atoms with Crippen molar-refractivity contribution in [1.82, 2.24) is 15.2 Å². The summed E-state index contributed by atoms with van der Waals surface area (Å²) in [7, 11) is 0. The second-order valence-electron chi connectivity index (χ2n) is 7.30. The Morgan fingerprint density at radius 2 is 1.93 bits per heavy atom. The molecule has 1 aromatic carbocycles. The van der Waals surface area contributed by atoms with Crippen LogP contribution in [0.3, 0.4) is 0 Å². The highest BCUT2D eigenvalue weighted by atomic mass is 19.1. The fourth-order valence-corrected chi connectivity index (χ4v) is 3.79. The van der Waals surface area contributed by atoms with Gasteiger partial charge in [0.15, 0.2) is 0 Å². The monoisotopic (exact) mass is 368 g/mol. The van der Waals surface area contributed by atoms with Crippen molar-refractivity contribution < 1.29 is 14.0 Å². The number of anilines is 1. The SMILES string of the molecule is O=C(NCc1ccncc1)[C@@H]1C[C@]12CCN(C(=O)Nc1ccc(F)cc1)C2. The van der Waals surface area contributed by atoms with Crippen molar-refractivity contribution in [1.29, 1.82) is 0 Å². The molecule has 2 fully saturated rings. The van der Waals surface area contributed by atoms with Crippen molar-refractivity contribution in [3.63, 3.8) is 0 Å². The van der Waals surface area contributed by atoms with Gasteiger partial charge < -0.3 is 15.5 Å². The third-order valence-corrected chi connectivity index (χ3v) is 5.49. The van der Waals surface area contributed by atoms with Crippen molar-refractivity contribution in [3.05, 3.63) is 60.2 Å². The zero-order chi connectivity index (χ0) is 18.9. The van der Waals surface area contributed by atoms with Gasteiger partial charge in [-0.3, -0.25) is 9.78 Å². The molecule has 7 heteroatoms. The van der Waals surface area contributed by atoms with Crippen LogP contribution in [0.1, 0.15) is 18.4 Å². The third kappa shape index (κ3) is 3.77. The number of carbonyl (C=O) groups is 2. The number of aromatic nitrogens is 1. The predicted molar refractivity (Wildman–Crippen MR) is 98.2 cm³/mol. The van der Waals surface area contributed by atoms with Crippen molar-refractivity contribution in [3.8, 4) is 0 Å². The lowest BCUT2D eigenvalue weighted by molar-refractivity contribution is -0.123. The van der Waals surface area contributed by atoms with Crippen LogP contribution in [0.2, 0.25) is 0 Å². The lowest BCUT2D eigenvalue weighted by Crippen LogP contribution is -2.34. The van der Waals surface area contributed by atoms with Gasteiger partial charge in [0.1, 0.15) is 5.82 Å². The first-order chi connectivity index (χ1) is 13.1. The Bertz CT molecular complexity index is 843. The van der Waals surface area contributed by atoms with Crippen LogP contribution in [0.25, 0.3) is 0 Å². The molecular formula is C20H21FN4O2. The number of nitrogens with one attached hydrogen (secondary N) is 2. The van der Waals surface area contributed by atoms with Crippen LogP contribution in [0.4, 0.5) is 14.9 Å². The number of likely N-dealkylation sites (tertiary alicyclic amines) is 1. The Morgan fingerprint density at radius 1 is 1.19 bits per heavy atom. The Balaban J connectivity index is 1.28. The van der Waals surface area contributed by atoms with Crippen LogP contribution in [0.15, 0.2) is 48.8 Å². The number of rotatable bonds is 4. The number of hydrogen-bond acceptors (Lipinski definition) is 3. The highest BCUT2D eigenvalue weighted by Gasteiger charge is 2.61. The van der Waals surface area contributed by atoms with Gasteiger partial charge in [-0.25, -0.2) is 9.18 Å². The van der Waals surface area contributed by atoms with E-state index in [1.165, 1.54) is 24.3 Å². The largest absolute Gasteiger partial charge is 0.352 e. The molecular weight excluding hydrogens is 347 g/mol. The van der Waals surface area contributed by atoms with Crippen LogP contribution < -0.4 is 10.6 Å². The molecule has 2 aromatic rings. The molecule has 1 aliphatic heterocycles. The average Bonchev–Trinajstić information content (AvgIpc) is 3.22. The molecule has 4 rings (SSSR count). The molecule has 2 atom stereocenters. The standard InChI is InChI=1S/C20H21FN4O2/c21-15-1-3-16(4-2-15)24-19(27)25-10-7-20(13-25)11-17(20)18(26)23-12-14-5-8-22-9-6-14/h1-6,8-9,17H,7,10-13H2,(H,23,26)(H,24,27)/t17-,20-/m0/s1. The van der Waals surface area contributed by atoms with Crippen molar-refractivity contribution in [2.24, 2.45) is 11.3 Å². The number of hydrogen-bond donors (Lipinski definition) is 2. The maximum absolute atomic E-state index is 13.0. The quantitative estimate of drug-likeness (QED) is 0.871. The molecule has 27 heavy (non-hydrogen) atoms. The summed E-state index contributed by atoms with van der Waals surface area (Å²) in [5, 5.41) is 5.76. The molecule has 0 unspecified atom stereocenters. The van der Waals surface area contributed by atoms with Gasteiger partial charge in [-0.15, -0.1) is 0 Å². The lowest BCUT2D eigenvalue weighted by Gasteiger charge is -2.17. The van der Waals surface area contributed by atoms with E-state index in [0.717, 1.165) is 18.4 Å². The van der Waals surface area contributed by atoms with Gasteiger partial charge >= 0.3 is 6.03 Å². The van der Waals surface area contributed by atoms with Crippen LogP contribution >= 0.6 is 0 Å². The molecule has 1 saturated heterocycles. The smallest absolute Gasteiger partial charge is 0.321 e. The summed E-state index contributed by atoms with van der Waals surface area (Å²) in [6.45, 7) is 1.69. The summed E-state index contributed by atoms with van der Waals surface area (Å²) >= 11 is 0. The zero-order valence-electron chi connectivity index (χ0n) is 14.8. The van der Waals surface area contributed by atoms with Crippen molar-refractivity contribution >= 4 is 17.6 Å². The number of pyridine rings is 1. The normalized spacial score (nSPS) is 23.3. The van der Waals surface area contributed by atoms with Crippen molar-refractivity contribution in [2.75, 3.05) is 18.4 Å². The first-order valence-corrected chi connectivity index (χ1v) is 9.04. The molecule has 1 aliphatic carbocycles. The molecule has 140 valence electrons. The molecule has 2 heterocycles. The van der Waals surface area contributed by atoms with E-state index in [-0.39, 0.29) is 29.1 Å². The van der Waals surface area contributed by atoms with Crippen LogP contribution in [-0.2, 0) is 11.3 Å². The number of benzene rings is 1. The Labute approximate surface area is 156 Å². The summed E-state index contributed by atoms with van der Waals surface area (Å²) in [6.07, 6.45) is 5.05. The van der Waals surface area contributed by atoms with E-state index in [4.69, 9.17) is 0 Å². The van der Waals surface area contributed by atoms with Gasteiger partial charge in [0.25, 0.3) is 0 Å². The molecule has 0 radical (unpaired) electrons. The summed E-state index contributed by atoms with van der Waals surface area (Å²) in [5.41, 5.74) is 1.48. The van der Waals surface area contributed by atoms with Gasteiger partial charge in [0.2, 0.25) is 5.91 Å². The van der Waals surface area contributed by atoms with E-state index in [2.05, 4.69) is 15.6 Å². The van der Waals surface area contributed by atoms with Crippen LogP contribution in [0, 0.1) is 17.2 Å². The van der Waals surface area contributed by atoms with E-state index in [9.17, 15) is 14.0 Å². The third-order valence-electron chi connectivity index (χ3n) is 5.49. The summed E-state index contributed by atoms with van der Waals surface area (Å²) in [5.74, 6) is -0.331. The first-order valence-electron chi connectivity index (χ1n) is 9.04. The number of urea groups is 1. The Morgan fingerprint density at radius 3 is 2.67 bits per heavy atom. The lowest BCUT2D eigenvalue weighted by atomic mass is 10.0.